The molecule has 3 N–H and O–H groups in total. The number of hydrogen-bond donors (Lipinski definition) is 3. The monoisotopic (exact) mass is 243 g/mol. The molecule has 0 aliphatic carbocycles. The molecule has 18 heavy (non-hydrogen) atoms. The maximum Gasteiger partial charge on any atom is 0.511 e. The van der Waals surface area contributed by atoms with Gasteiger partial charge < -0.3 is 19.9 Å². The lowest BCUT2D eigenvalue weighted by atomic mass is 10.1. The van der Waals surface area contributed by atoms with Gasteiger partial charge in [0.1, 0.15) is 0 Å². The summed E-state index contributed by atoms with van der Waals surface area (Å²) in [5.41, 5.74) is 1.33. The van der Waals surface area contributed by atoms with Crippen molar-refractivity contribution in [3.63, 3.8) is 0 Å². The van der Waals surface area contributed by atoms with Crippen LogP contribution in [0.3, 0.4) is 0 Å². The molecule has 0 atom stereocenters. The Morgan fingerprint density at radius 3 is 2.67 bits per heavy atom. The van der Waals surface area contributed by atoms with Crippen molar-refractivity contribution in [1.82, 2.24) is 4.98 Å². The highest BCUT2D eigenvalue weighted by Crippen LogP contribution is 2.37. The van der Waals surface area contributed by atoms with Crippen LogP contribution in [0.5, 0.6) is 11.5 Å². The van der Waals surface area contributed by atoms with Crippen molar-refractivity contribution in [1.29, 1.82) is 0 Å². The molecule has 5 heteroatoms. The number of nitrogens with one attached hydrogen (secondary N) is 1. The molecule has 2 aromatic carbocycles. The number of rotatable bonds is 1. The van der Waals surface area contributed by atoms with Crippen LogP contribution < -0.4 is 4.74 Å². The Morgan fingerprint density at radius 1 is 1.11 bits per heavy atom. The number of aromatic amines is 1. The second-order valence-electron chi connectivity index (χ2n) is 3.87. The van der Waals surface area contributed by atoms with Crippen molar-refractivity contribution in [2.75, 3.05) is 0 Å². The molecule has 0 spiro atoms. The maximum atomic E-state index is 10.6. The number of phenols is 1. The molecule has 0 saturated carbocycles. The van der Waals surface area contributed by atoms with E-state index in [1.807, 2.05) is 24.3 Å². The summed E-state index contributed by atoms with van der Waals surface area (Å²) in [6.07, 6.45) is -1.46. The molecule has 3 aromatic rings. The Kier molecular flexibility index (Phi) is 2.13. The third-order valence-electron chi connectivity index (χ3n) is 2.80. The second kappa shape index (κ2) is 3.66. The molecule has 0 aliphatic rings. The molecular formula is C13H9NO4. The SMILES string of the molecule is O=C(O)Oc1c(O)ccc2c1[nH]c1ccccc12. The van der Waals surface area contributed by atoms with Crippen LogP contribution in [-0.2, 0) is 0 Å². The fourth-order valence-corrected chi connectivity index (χ4v) is 2.07. The van der Waals surface area contributed by atoms with E-state index in [0.717, 1.165) is 16.3 Å². The quantitative estimate of drug-likeness (QED) is 0.453. The first-order valence-corrected chi connectivity index (χ1v) is 5.30. The average molecular weight is 243 g/mol. The smallest absolute Gasteiger partial charge is 0.504 e. The minimum atomic E-state index is -1.46. The van der Waals surface area contributed by atoms with E-state index < -0.39 is 6.16 Å². The van der Waals surface area contributed by atoms with Gasteiger partial charge in [0.25, 0.3) is 0 Å². The van der Waals surface area contributed by atoms with Crippen molar-refractivity contribution >= 4 is 28.0 Å². The first-order chi connectivity index (χ1) is 8.66. The van der Waals surface area contributed by atoms with Crippen LogP contribution in [0.25, 0.3) is 21.8 Å². The predicted octanol–water partition coefficient (Wildman–Crippen LogP) is 3.08. The number of phenolic OH excluding ortho intramolecular Hbond substituents is 1. The summed E-state index contributed by atoms with van der Waals surface area (Å²) in [4.78, 5) is 13.7. The fourth-order valence-electron chi connectivity index (χ4n) is 2.07. The molecule has 0 bridgehead atoms. The third-order valence-corrected chi connectivity index (χ3v) is 2.80. The van der Waals surface area contributed by atoms with Gasteiger partial charge in [-0.3, -0.25) is 0 Å². The summed E-state index contributed by atoms with van der Waals surface area (Å²) < 4.78 is 4.62. The van der Waals surface area contributed by atoms with Crippen LogP contribution in [0, 0.1) is 0 Å². The van der Waals surface area contributed by atoms with Crippen molar-refractivity contribution < 1.29 is 19.7 Å². The van der Waals surface area contributed by atoms with Crippen LogP contribution in [0.4, 0.5) is 4.79 Å². The average Bonchev–Trinajstić information content (AvgIpc) is 2.71. The zero-order valence-electron chi connectivity index (χ0n) is 9.18. The van der Waals surface area contributed by atoms with Gasteiger partial charge in [0.2, 0.25) is 0 Å². The van der Waals surface area contributed by atoms with Crippen LogP contribution in [0.1, 0.15) is 0 Å². The van der Waals surface area contributed by atoms with E-state index in [9.17, 15) is 9.90 Å². The number of carbonyl (C=O) groups is 1. The number of H-pyrrole nitrogens is 1. The van der Waals surface area contributed by atoms with Crippen molar-refractivity contribution in [3.05, 3.63) is 36.4 Å². The van der Waals surface area contributed by atoms with Gasteiger partial charge in [-0.05, 0) is 18.2 Å². The molecule has 3 rings (SSSR count). The minimum absolute atomic E-state index is 0.0730. The number of fused-ring (bicyclic) bond motifs is 3. The van der Waals surface area contributed by atoms with E-state index in [1.165, 1.54) is 6.07 Å². The Morgan fingerprint density at radius 2 is 1.89 bits per heavy atom. The van der Waals surface area contributed by atoms with Crippen LogP contribution in [0.2, 0.25) is 0 Å². The number of aromatic nitrogens is 1. The van der Waals surface area contributed by atoms with E-state index in [2.05, 4.69) is 9.72 Å². The third kappa shape index (κ3) is 1.45. The maximum absolute atomic E-state index is 10.6. The Labute approximate surface area is 101 Å². The standard InChI is InChI=1S/C13H9NO4/c15-10-6-5-8-7-3-1-2-4-9(7)14-11(8)12(10)18-13(16)17/h1-6,14-15H,(H,16,17). The van der Waals surface area contributed by atoms with E-state index in [0.29, 0.717) is 5.52 Å². The molecule has 0 unspecified atom stereocenters. The molecule has 5 nitrogen and oxygen atoms in total. The molecular weight excluding hydrogens is 234 g/mol. The Hall–Kier alpha value is -2.69. The van der Waals surface area contributed by atoms with E-state index in [-0.39, 0.29) is 11.5 Å². The molecule has 0 amide bonds. The summed E-state index contributed by atoms with van der Waals surface area (Å²) in [6.45, 7) is 0. The molecule has 0 radical (unpaired) electrons. The van der Waals surface area contributed by atoms with Crippen LogP contribution >= 0.6 is 0 Å². The number of para-hydroxylation sites is 1. The lowest BCUT2D eigenvalue weighted by molar-refractivity contribution is 0.143. The fraction of sp³-hybridized carbons (Fsp3) is 0. The highest BCUT2D eigenvalue weighted by Gasteiger charge is 2.15. The lowest BCUT2D eigenvalue weighted by Gasteiger charge is -2.03. The number of benzene rings is 2. The molecule has 1 heterocycles. The normalized spacial score (nSPS) is 10.9. The van der Waals surface area contributed by atoms with Crippen molar-refractivity contribution in [2.45, 2.75) is 0 Å². The summed E-state index contributed by atoms with van der Waals surface area (Å²) in [5, 5.41) is 20.1. The van der Waals surface area contributed by atoms with Crippen LogP contribution in [0.15, 0.2) is 36.4 Å². The zero-order valence-corrected chi connectivity index (χ0v) is 9.18. The van der Waals surface area contributed by atoms with Gasteiger partial charge in [-0.15, -0.1) is 0 Å². The molecule has 0 fully saturated rings. The summed E-state index contributed by atoms with van der Waals surface area (Å²) in [7, 11) is 0. The first kappa shape index (κ1) is 10.5. The van der Waals surface area contributed by atoms with Gasteiger partial charge in [0, 0.05) is 16.3 Å². The second-order valence-corrected chi connectivity index (χ2v) is 3.87. The summed E-state index contributed by atoms with van der Waals surface area (Å²) >= 11 is 0. The Bertz CT molecular complexity index is 760. The van der Waals surface area contributed by atoms with Crippen molar-refractivity contribution in [2.24, 2.45) is 0 Å². The van der Waals surface area contributed by atoms with Gasteiger partial charge in [-0.2, -0.15) is 0 Å². The first-order valence-electron chi connectivity index (χ1n) is 5.30. The van der Waals surface area contributed by atoms with E-state index in [4.69, 9.17) is 5.11 Å². The number of ether oxygens (including phenoxy) is 1. The van der Waals surface area contributed by atoms with Crippen molar-refractivity contribution in [3.8, 4) is 11.5 Å². The minimum Gasteiger partial charge on any atom is -0.504 e. The predicted molar refractivity (Wildman–Crippen MR) is 66.1 cm³/mol. The van der Waals surface area contributed by atoms with E-state index in [1.54, 1.807) is 6.07 Å². The number of aromatic hydroxyl groups is 1. The van der Waals surface area contributed by atoms with E-state index >= 15 is 0 Å². The van der Waals surface area contributed by atoms with Gasteiger partial charge in [-0.25, -0.2) is 4.79 Å². The number of hydrogen-bond acceptors (Lipinski definition) is 3. The number of carboxylic acid groups (broad SMARTS) is 1. The van der Waals surface area contributed by atoms with Gasteiger partial charge in [0.15, 0.2) is 11.5 Å². The van der Waals surface area contributed by atoms with Crippen LogP contribution in [-0.4, -0.2) is 21.4 Å². The highest BCUT2D eigenvalue weighted by molar-refractivity contribution is 6.10. The molecule has 90 valence electrons. The summed E-state index contributed by atoms with van der Waals surface area (Å²) in [5.74, 6) is -0.285. The lowest BCUT2D eigenvalue weighted by Crippen LogP contribution is -2.03. The van der Waals surface area contributed by atoms with Gasteiger partial charge in [0.05, 0.1) is 5.52 Å². The topological polar surface area (TPSA) is 82.6 Å². The Balaban J connectivity index is 2.40. The molecule has 0 saturated heterocycles. The molecule has 0 aliphatic heterocycles. The summed E-state index contributed by atoms with van der Waals surface area (Å²) in [6, 6.07) is 10.7. The van der Waals surface area contributed by atoms with Gasteiger partial charge in [-0.1, -0.05) is 18.2 Å². The zero-order chi connectivity index (χ0) is 12.7. The van der Waals surface area contributed by atoms with Gasteiger partial charge >= 0.3 is 6.16 Å². The molecule has 1 aromatic heterocycles. The highest BCUT2D eigenvalue weighted by atomic mass is 16.7. The largest absolute Gasteiger partial charge is 0.511 e.